The molecule has 3 nitrogen and oxygen atoms in total. The summed E-state index contributed by atoms with van der Waals surface area (Å²) in [6, 6.07) is 6.25. The molecule has 0 radical (unpaired) electrons. The van der Waals surface area contributed by atoms with E-state index in [1.807, 2.05) is 19.9 Å². The summed E-state index contributed by atoms with van der Waals surface area (Å²) < 4.78 is 5.72. The van der Waals surface area contributed by atoms with Gasteiger partial charge in [-0.1, -0.05) is 19.9 Å². The van der Waals surface area contributed by atoms with E-state index in [2.05, 4.69) is 12.1 Å². The van der Waals surface area contributed by atoms with Crippen LogP contribution in [0.3, 0.4) is 0 Å². The highest BCUT2D eigenvalue weighted by molar-refractivity contribution is 5.40. The standard InChI is InChI=1S/C15H23NO2/c1-3-15(17,4-2)10-18-12-6-7-13-11(9-12)5-8-14(13)16/h6-7,9,14,17H,3-5,8,10,16H2,1-2H3/t14-/m0/s1. The number of rotatable bonds is 5. The van der Waals surface area contributed by atoms with Gasteiger partial charge in [-0.05, 0) is 48.9 Å². The molecule has 100 valence electrons. The zero-order valence-electron chi connectivity index (χ0n) is 11.3. The summed E-state index contributed by atoms with van der Waals surface area (Å²) in [4.78, 5) is 0. The summed E-state index contributed by atoms with van der Waals surface area (Å²) in [5, 5.41) is 10.2. The Hall–Kier alpha value is -1.06. The molecule has 3 N–H and O–H groups in total. The molecule has 0 heterocycles. The number of ether oxygens (including phenoxy) is 1. The second-order valence-corrected chi connectivity index (χ2v) is 5.23. The van der Waals surface area contributed by atoms with E-state index in [4.69, 9.17) is 10.5 Å². The molecule has 0 saturated carbocycles. The molecular formula is C15H23NO2. The maximum atomic E-state index is 10.2. The Morgan fingerprint density at radius 3 is 2.78 bits per heavy atom. The van der Waals surface area contributed by atoms with Gasteiger partial charge in [-0.3, -0.25) is 0 Å². The summed E-state index contributed by atoms with van der Waals surface area (Å²) in [5.74, 6) is 0.836. The summed E-state index contributed by atoms with van der Waals surface area (Å²) in [6.07, 6.45) is 3.46. The highest BCUT2D eigenvalue weighted by Crippen LogP contribution is 2.32. The van der Waals surface area contributed by atoms with Gasteiger partial charge in [-0.2, -0.15) is 0 Å². The van der Waals surface area contributed by atoms with E-state index >= 15 is 0 Å². The van der Waals surface area contributed by atoms with E-state index in [0.717, 1.165) is 18.6 Å². The van der Waals surface area contributed by atoms with Gasteiger partial charge in [0.15, 0.2) is 0 Å². The number of aryl methyl sites for hydroxylation is 1. The van der Waals surface area contributed by atoms with Gasteiger partial charge >= 0.3 is 0 Å². The Morgan fingerprint density at radius 2 is 2.11 bits per heavy atom. The Bertz CT molecular complexity index is 413. The molecule has 18 heavy (non-hydrogen) atoms. The number of hydrogen-bond acceptors (Lipinski definition) is 3. The van der Waals surface area contributed by atoms with Crippen molar-refractivity contribution in [3.63, 3.8) is 0 Å². The van der Waals surface area contributed by atoms with Crippen LogP contribution in [0.1, 0.15) is 50.3 Å². The van der Waals surface area contributed by atoms with Crippen LogP contribution in [-0.2, 0) is 6.42 Å². The van der Waals surface area contributed by atoms with Crippen molar-refractivity contribution < 1.29 is 9.84 Å². The molecule has 1 aliphatic rings. The third-order valence-corrected chi connectivity index (χ3v) is 4.06. The molecule has 0 unspecified atom stereocenters. The molecule has 0 spiro atoms. The van der Waals surface area contributed by atoms with Gasteiger partial charge in [0.2, 0.25) is 0 Å². The maximum Gasteiger partial charge on any atom is 0.119 e. The molecule has 0 amide bonds. The summed E-state index contributed by atoms with van der Waals surface area (Å²) in [6.45, 7) is 4.31. The van der Waals surface area contributed by atoms with Gasteiger partial charge in [0.25, 0.3) is 0 Å². The number of hydrogen-bond donors (Lipinski definition) is 2. The van der Waals surface area contributed by atoms with Crippen LogP contribution >= 0.6 is 0 Å². The summed E-state index contributed by atoms with van der Waals surface area (Å²) in [5.41, 5.74) is 7.82. The third kappa shape index (κ3) is 2.68. The molecule has 0 bridgehead atoms. The normalized spacial score (nSPS) is 18.8. The number of nitrogens with two attached hydrogens (primary N) is 1. The monoisotopic (exact) mass is 249 g/mol. The van der Waals surface area contributed by atoms with Crippen LogP contribution < -0.4 is 10.5 Å². The molecule has 0 aromatic heterocycles. The van der Waals surface area contributed by atoms with Gasteiger partial charge in [-0.15, -0.1) is 0 Å². The van der Waals surface area contributed by atoms with Gasteiger partial charge < -0.3 is 15.6 Å². The van der Waals surface area contributed by atoms with E-state index in [-0.39, 0.29) is 6.04 Å². The molecule has 1 aliphatic carbocycles. The lowest BCUT2D eigenvalue weighted by Crippen LogP contribution is -2.34. The minimum atomic E-state index is -0.713. The first-order valence-corrected chi connectivity index (χ1v) is 6.81. The van der Waals surface area contributed by atoms with Crippen LogP contribution in [0.15, 0.2) is 18.2 Å². The highest BCUT2D eigenvalue weighted by atomic mass is 16.5. The van der Waals surface area contributed by atoms with E-state index in [1.165, 1.54) is 11.1 Å². The number of aliphatic hydroxyl groups is 1. The van der Waals surface area contributed by atoms with Crippen molar-refractivity contribution in [2.75, 3.05) is 6.61 Å². The average Bonchev–Trinajstić information content (AvgIpc) is 2.77. The van der Waals surface area contributed by atoms with Gasteiger partial charge in [0, 0.05) is 6.04 Å². The van der Waals surface area contributed by atoms with E-state index in [1.54, 1.807) is 0 Å². The third-order valence-electron chi connectivity index (χ3n) is 4.06. The first-order chi connectivity index (χ1) is 8.58. The zero-order chi connectivity index (χ0) is 13.2. The van der Waals surface area contributed by atoms with Crippen LogP contribution in [-0.4, -0.2) is 17.3 Å². The molecule has 1 atom stereocenters. The van der Waals surface area contributed by atoms with Crippen molar-refractivity contribution in [3.05, 3.63) is 29.3 Å². The minimum absolute atomic E-state index is 0.178. The number of benzene rings is 1. The van der Waals surface area contributed by atoms with Crippen molar-refractivity contribution in [1.29, 1.82) is 0 Å². The molecule has 2 rings (SSSR count). The van der Waals surface area contributed by atoms with Crippen LogP contribution in [0.5, 0.6) is 5.75 Å². The topological polar surface area (TPSA) is 55.5 Å². The maximum absolute atomic E-state index is 10.2. The SMILES string of the molecule is CCC(O)(CC)COc1ccc2c(c1)CC[C@@H]2N. The van der Waals surface area contributed by atoms with Crippen LogP contribution in [0.4, 0.5) is 0 Å². The lowest BCUT2D eigenvalue weighted by atomic mass is 9.99. The summed E-state index contributed by atoms with van der Waals surface area (Å²) in [7, 11) is 0. The van der Waals surface area contributed by atoms with Crippen LogP contribution in [0, 0.1) is 0 Å². The quantitative estimate of drug-likeness (QED) is 0.843. The Balaban J connectivity index is 2.03. The fourth-order valence-electron chi connectivity index (χ4n) is 2.39. The van der Waals surface area contributed by atoms with Crippen molar-refractivity contribution in [2.24, 2.45) is 5.73 Å². The van der Waals surface area contributed by atoms with Gasteiger partial charge in [0.1, 0.15) is 12.4 Å². The molecule has 3 heteroatoms. The van der Waals surface area contributed by atoms with Crippen molar-refractivity contribution >= 4 is 0 Å². The first kappa shape index (κ1) is 13.4. The largest absolute Gasteiger partial charge is 0.491 e. The summed E-state index contributed by atoms with van der Waals surface area (Å²) >= 11 is 0. The minimum Gasteiger partial charge on any atom is -0.491 e. The fraction of sp³-hybridized carbons (Fsp3) is 0.600. The van der Waals surface area contributed by atoms with Crippen LogP contribution in [0.25, 0.3) is 0 Å². The average molecular weight is 249 g/mol. The van der Waals surface area contributed by atoms with Crippen LogP contribution in [0.2, 0.25) is 0 Å². The fourth-order valence-corrected chi connectivity index (χ4v) is 2.39. The van der Waals surface area contributed by atoms with Crippen molar-refractivity contribution in [3.8, 4) is 5.75 Å². The predicted molar refractivity (Wildman–Crippen MR) is 72.7 cm³/mol. The highest BCUT2D eigenvalue weighted by Gasteiger charge is 2.24. The van der Waals surface area contributed by atoms with E-state index in [9.17, 15) is 5.11 Å². The van der Waals surface area contributed by atoms with Crippen molar-refractivity contribution in [1.82, 2.24) is 0 Å². The molecule has 1 aromatic rings. The Morgan fingerprint density at radius 1 is 1.39 bits per heavy atom. The zero-order valence-corrected chi connectivity index (χ0v) is 11.3. The lowest BCUT2D eigenvalue weighted by Gasteiger charge is -2.25. The second-order valence-electron chi connectivity index (χ2n) is 5.23. The predicted octanol–water partition coefficient (Wildman–Crippen LogP) is 2.56. The van der Waals surface area contributed by atoms with E-state index < -0.39 is 5.60 Å². The molecule has 0 saturated heterocycles. The smallest absolute Gasteiger partial charge is 0.119 e. The number of fused-ring (bicyclic) bond motifs is 1. The lowest BCUT2D eigenvalue weighted by molar-refractivity contribution is -0.0113. The van der Waals surface area contributed by atoms with Crippen molar-refractivity contribution in [2.45, 2.75) is 51.2 Å². The first-order valence-electron chi connectivity index (χ1n) is 6.81. The van der Waals surface area contributed by atoms with Gasteiger partial charge in [0.05, 0.1) is 5.60 Å². The Kier molecular flexibility index (Phi) is 3.93. The second kappa shape index (κ2) is 5.29. The Labute approximate surface area is 109 Å². The molecular weight excluding hydrogens is 226 g/mol. The molecule has 0 fully saturated rings. The van der Waals surface area contributed by atoms with E-state index in [0.29, 0.717) is 19.4 Å². The molecule has 1 aromatic carbocycles. The molecule has 0 aliphatic heterocycles. The van der Waals surface area contributed by atoms with Gasteiger partial charge in [-0.25, -0.2) is 0 Å².